The Bertz CT molecular complexity index is 427. The van der Waals surface area contributed by atoms with Gasteiger partial charge in [0.1, 0.15) is 11.7 Å². The topological polar surface area (TPSA) is 37.4 Å². The van der Waals surface area contributed by atoms with E-state index in [1.165, 1.54) is 6.92 Å². The maximum atomic E-state index is 11.9. The van der Waals surface area contributed by atoms with Gasteiger partial charge in [-0.15, -0.1) is 0 Å². The van der Waals surface area contributed by atoms with Gasteiger partial charge in [0.05, 0.1) is 6.04 Å². The molecule has 1 amide bonds. The summed E-state index contributed by atoms with van der Waals surface area (Å²) in [6.45, 7) is 4.26. The Morgan fingerprint density at radius 3 is 2.47 bits per heavy atom. The number of hydrogen-bond donors (Lipinski definition) is 0. The van der Waals surface area contributed by atoms with Crippen LogP contribution < -0.4 is 0 Å². The summed E-state index contributed by atoms with van der Waals surface area (Å²) >= 11 is 0. The number of likely N-dealkylation sites (tertiary alicyclic amines) is 1. The number of carbonyl (C=O) groups excluding carboxylic acids is 2. The first kappa shape index (κ1) is 11.8. The molecule has 0 radical (unpaired) electrons. The summed E-state index contributed by atoms with van der Waals surface area (Å²) in [5.74, 6) is -0.520. The highest BCUT2D eigenvalue weighted by atomic mass is 16.2. The van der Waals surface area contributed by atoms with E-state index in [0.29, 0.717) is 0 Å². The first-order valence-corrected chi connectivity index (χ1v) is 6.02. The van der Waals surface area contributed by atoms with E-state index in [-0.39, 0.29) is 17.7 Å². The molecule has 1 aliphatic heterocycles. The summed E-state index contributed by atoms with van der Waals surface area (Å²) in [6, 6.07) is 9.74. The summed E-state index contributed by atoms with van der Waals surface area (Å²) in [4.78, 5) is 25.2. The van der Waals surface area contributed by atoms with Crippen LogP contribution in [-0.4, -0.2) is 23.1 Å². The van der Waals surface area contributed by atoms with E-state index in [9.17, 15) is 9.59 Å². The second-order valence-electron chi connectivity index (χ2n) is 4.48. The van der Waals surface area contributed by atoms with Gasteiger partial charge in [0.2, 0.25) is 5.91 Å². The fourth-order valence-electron chi connectivity index (χ4n) is 2.46. The third-order valence-corrected chi connectivity index (χ3v) is 3.24. The van der Waals surface area contributed by atoms with Crippen molar-refractivity contribution in [3.8, 4) is 0 Å². The van der Waals surface area contributed by atoms with Crippen molar-refractivity contribution in [2.75, 3.05) is 6.54 Å². The zero-order valence-electron chi connectivity index (χ0n) is 10.2. The molecular weight excluding hydrogens is 214 g/mol. The molecule has 0 bridgehead atoms. The van der Waals surface area contributed by atoms with Crippen molar-refractivity contribution < 1.29 is 9.59 Å². The van der Waals surface area contributed by atoms with Gasteiger partial charge in [-0.25, -0.2) is 0 Å². The average Bonchev–Trinajstić information content (AvgIpc) is 2.33. The lowest BCUT2D eigenvalue weighted by Gasteiger charge is -2.46. The van der Waals surface area contributed by atoms with E-state index in [1.807, 2.05) is 37.3 Å². The van der Waals surface area contributed by atoms with Crippen LogP contribution in [0.5, 0.6) is 0 Å². The first-order valence-electron chi connectivity index (χ1n) is 6.02. The molecule has 0 aliphatic carbocycles. The molecule has 1 aliphatic rings. The fraction of sp³-hybridized carbons (Fsp3) is 0.429. The standard InChI is InChI=1S/C14H17NO2/c1-3-9-15-13(11-7-5-4-6-8-11)12(10(2)16)14(15)17/h4-8,12-13H,3,9H2,1-2H3/t12-,13-/m0/s1. The van der Waals surface area contributed by atoms with Crippen LogP contribution in [0.4, 0.5) is 0 Å². The molecule has 17 heavy (non-hydrogen) atoms. The minimum Gasteiger partial charge on any atom is -0.334 e. The van der Waals surface area contributed by atoms with Gasteiger partial charge in [-0.1, -0.05) is 37.3 Å². The van der Waals surface area contributed by atoms with Crippen LogP contribution in [0.15, 0.2) is 30.3 Å². The van der Waals surface area contributed by atoms with Crippen molar-refractivity contribution in [1.82, 2.24) is 4.90 Å². The molecule has 1 aromatic carbocycles. The average molecular weight is 231 g/mol. The minimum absolute atomic E-state index is 0.0202. The van der Waals surface area contributed by atoms with Crippen LogP contribution in [0, 0.1) is 5.92 Å². The van der Waals surface area contributed by atoms with Crippen molar-refractivity contribution in [2.24, 2.45) is 5.92 Å². The molecule has 1 aromatic rings. The number of rotatable bonds is 4. The number of nitrogens with zero attached hydrogens (tertiary/aromatic N) is 1. The molecule has 0 spiro atoms. The Morgan fingerprint density at radius 2 is 1.94 bits per heavy atom. The highest BCUT2D eigenvalue weighted by Crippen LogP contribution is 2.40. The van der Waals surface area contributed by atoms with E-state index >= 15 is 0 Å². The zero-order valence-corrected chi connectivity index (χ0v) is 10.2. The summed E-state index contributed by atoms with van der Waals surface area (Å²) in [5, 5.41) is 0. The molecule has 1 heterocycles. The summed E-state index contributed by atoms with van der Waals surface area (Å²) in [7, 11) is 0. The monoisotopic (exact) mass is 231 g/mol. The van der Waals surface area contributed by atoms with Crippen LogP contribution in [0.2, 0.25) is 0 Å². The van der Waals surface area contributed by atoms with E-state index in [1.54, 1.807) is 4.90 Å². The van der Waals surface area contributed by atoms with Crippen LogP contribution in [0.1, 0.15) is 31.9 Å². The number of carbonyl (C=O) groups is 2. The number of Topliss-reactive ketones (excluding diaryl/α,β-unsaturated/α-hetero) is 1. The van der Waals surface area contributed by atoms with Crippen molar-refractivity contribution in [2.45, 2.75) is 26.3 Å². The fourth-order valence-corrected chi connectivity index (χ4v) is 2.46. The second-order valence-corrected chi connectivity index (χ2v) is 4.48. The van der Waals surface area contributed by atoms with Crippen LogP contribution >= 0.6 is 0 Å². The lowest BCUT2D eigenvalue weighted by Crippen LogP contribution is -2.57. The van der Waals surface area contributed by atoms with Crippen LogP contribution in [-0.2, 0) is 9.59 Å². The summed E-state index contributed by atoms with van der Waals surface area (Å²) < 4.78 is 0. The lowest BCUT2D eigenvalue weighted by molar-refractivity contribution is -0.161. The predicted octanol–water partition coefficient (Wildman–Crippen LogP) is 2.19. The molecule has 0 aromatic heterocycles. The normalized spacial score (nSPS) is 23.4. The van der Waals surface area contributed by atoms with Gasteiger partial charge in [0.15, 0.2) is 0 Å². The quantitative estimate of drug-likeness (QED) is 0.588. The van der Waals surface area contributed by atoms with Crippen molar-refractivity contribution in [1.29, 1.82) is 0 Å². The molecule has 3 heteroatoms. The Balaban J connectivity index is 2.27. The van der Waals surface area contributed by atoms with Crippen molar-refractivity contribution in [3.05, 3.63) is 35.9 Å². The largest absolute Gasteiger partial charge is 0.334 e. The molecule has 2 atom stereocenters. The number of amides is 1. The van der Waals surface area contributed by atoms with E-state index in [4.69, 9.17) is 0 Å². The molecule has 1 fully saturated rings. The van der Waals surface area contributed by atoms with E-state index in [2.05, 4.69) is 0 Å². The first-order chi connectivity index (χ1) is 8.16. The number of β-lactam (4-membered cyclic amide) rings is 1. The van der Waals surface area contributed by atoms with Gasteiger partial charge >= 0.3 is 0 Å². The molecule has 0 N–H and O–H groups in total. The highest BCUT2D eigenvalue weighted by molar-refractivity contribution is 6.05. The van der Waals surface area contributed by atoms with Crippen LogP contribution in [0.25, 0.3) is 0 Å². The zero-order chi connectivity index (χ0) is 12.4. The van der Waals surface area contributed by atoms with E-state index in [0.717, 1.165) is 18.5 Å². The number of benzene rings is 1. The molecule has 0 saturated carbocycles. The van der Waals surface area contributed by atoms with Crippen molar-refractivity contribution in [3.63, 3.8) is 0 Å². The Labute approximate surface area is 101 Å². The Kier molecular flexibility index (Phi) is 3.27. The third-order valence-electron chi connectivity index (χ3n) is 3.24. The molecule has 90 valence electrons. The van der Waals surface area contributed by atoms with Gasteiger partial charge in [0, 0.05) is 6.54 Å². The summed E-state index contributed by atoms with van der Waals surface area (Å²) in [5.41, 5.74) is 1.06. The Morgan fingerprint density at radius 1 is 1.29 bits per heavy atom. The van der Waals surface area contributed by atoms with Gasteiger partial charge < -0.3 is 4.90 Å². The SMILES string of the molecule is CCCN1C(=O)[C@@H](C(C)=O)[C@@H]1c1ccccc1. The van der Waals surface area contributed by atoms with Gasteiger partial charge in [-0.2, -0.15) is 0 Å². The van der Waals surface area contributed by atoms with E-state index < -0.39 is 5.92 Å². The smallest absolute Gasteiger partial charge is 0.236 e. The van der Waals surface area contributed by atoms with Gasteiger partial charge in [-0.05, 0) is 18.9 Å². The molecule has 2 rings (SSSR count). The molecule has 3 nitrogen and oxygen atoms in total. The molecular formula is C14H17NO2. The second kappa shape index (κ2) is 4.70. The van der Waals surface area contributed by atoms with Crippen molar-refractivity contribution >= 4 is 11.7 Å². The maximum Gasteiger partial charge on any atom is 0.236 e. The predicted molar refractivity (Wildman–Crippen MR) is 65.4 cm³/mol. The summed E-state index contributed by atoms with van der Waals surface area (Å²) in [6.07, 6.45) is 0.916. The maximum absolute atomic E-state index is 11.9. The molecule has 1 saturated heterocycles. The van der Waals surface area contributed by atoms with Gasteiger partial charge in [0.25, 0.3) is 0 Å². The highest BCUT2D eigenvalue weighted by Gasteiger charge is 2.49. The van der Waals surface area contributed by atoms with Crippen LogP contribution in [0.3, 0.4) is 0 Å². The Hall–Kier alpha value is -1.64. The third kappa shape index (κ3) is 1.97. The molecule has 0 unspecified atom stereocenters. The minimum atomic E-state index is -0.469. The number of hydrogen-bond acceptors (Lipinski definition) is 2. The lowest BCUT2D eigenvalue weighted by atomic mass is 9.80. The van der Waals surface area contributed by atoms with Gasteiger partial charge in [-0.3, -0.25) is 9.59 Å². The number of ketones is 1.